The van der Waals surface area contributed by atoms with Crippen molar-refractivity contribution in [2.75, 3.05) is 0 Å². The molecule has 0 saturated carbocycles. The Labute approximate surface area is 234 Å². The fraction of sp³-hybridized carbons (Fsp3) is 0.0588. The average Bonchev–Trinajstić information content (AvgIpc) is 3.58. The molecule has 2 N–H and O–H groups in total. The third-order valence-corrected chi connectivity index (χ3v) is 7.69. The first-order valence-electron chi connectivity index (χ1n) is 13.2. The van der Waals surface area contributed by atoms with Crippen LogP contribution in [0.1, 0.15) is 27.2 Å². The second-order valence-corrected chi connectivity index (χ2v) is 10.1. The Bertz CT molecular complexity index is 2210. The summed E-state index contributed by atoms with van der Waals surface area (Å²) in [5.74, 6) is -1.03. The third-order valence-electron chi connectivity index (χ3n) is 7.69. The molecule has 0 aliphatic rings. The van der Waals surface area contributed by atoms with E-state index in [0.717, 1.165) is 33.1 Å². The van der Waals surface area contributed by atoms with Crippen LogP contribution >= 0.6 is 0 Å². The van der Waals surface area contributed by atoms with Crippen molar-refractivity contribution in [1.29, 1.82) is 5.26 Å². The van der Waals surface area contributed by atoms with Gasteiger partial charge in [-0.2, -0.15) is 10.4 Å². The van der Waals surface area contributed by atoms with Gasteiger partial charge in [0.25, 0.3) is 0 Å². The molecule has 196 valence electrons. The van der Waals surface area contributed by atoms with Gasteiger partial charge in [-0.25, -0.2) is 14.5 Å². The van der Waals surface area contributed by atoms with Gasteiger partial charge < -0.3 is 10.1 Å². The zero-order chi connectivity index (χ0) is 28.2. The van der Waals surface area contributed by atoms with Crippen LogP contribution in [0.5, 0.6) is 0 Å². The quantitative estimate of drug-likeness (QED) is 0.243. The van der Waals surface area contributed by atoms with Crippen LogP contribution in [0.15, 0.2) is 91.1 Å². The van der Waals surface area contributed by atoms with Gasteiger partial charge in [0.1, 0.15) is 6.07 Å². The van der Waals surface area contributed by atoms with Gasteiger partial charge in [0.2, 0.25) is 0 Å². The lowest BCUT2D eigenvalue weighted by Gasteiger charge is -2.15. The predicted molar refractivity (Wildman–Crippen MR) is 160 cm³/mol. The number of nitrogens with one attached hydrogen (secondary N) is 1. The Morgan fingerprint density at radius 2 is 1.66 bits per heavy atom. The molecule has 0 atom stereocenters. The molecule has 0 radical (unpaired) electrons. The summed E-state index contributed by atoms with van der Waals surface area (Å²) in [4.78, 5) is 20.9. The number of aryl methyl sites for hydroxylation is 2. The summed E-state index contributed by atoms with van der Waals surface area (Å²) in [5, 5.41) is 28.8. The highest BCUT2D eigenvalue weighted by atomic mass is 16.4. The largest absolute Gasteiger partial charge is 0.478 e. The van der Waals surface area contributed by atoms with E-state index in [1.54, 1.807) is 16.8 Å². The highest BCUT2D eigenvalue weighted by Gasteiger charge is 2.27. The Hall–Kier alpha value is -5.74. The molecule has 0 spiro atoms. The van der Waals surface area contributed by atoms with E-state index in [1.807, 2.05) is 92.8 Å². The second-order valence-electron chi connectivity index (χ2n) is 10.1. The molecule has 0 unspecified atom stereocenters. The number of nitrogens with zero attached hydrogens (tertiary/aromatic N) is 4. The highest BCUT2D eigenvalue weighted by Crippen LogP contribution is 2.43. The Morgan fingerprint density at radius 3 is 2.41 bits per heavy atom. The summed E-state index contributed by atoms with van der Waals surface area (Å²) in [5.41, 5.74) is 7.27. The van der Waals surface area contributed by atoms with Crippen molar-refractivity contribution in [3.05, 3.63) is 114 Å². The molecule has 7 heteroatoms. The molecule has 7 aromatic rings. The van der Waals surface area contributed by atoms with Crippen molar-refractivity contribution < 1.29 is 9.90 Å². The smallest absolute Gasteiger partial charge is 0.336 e. The van der Waals surface area contributed by atoms with Gasteiger partial charge in [0, 0.05) is 33.6 Å². The van der Waals surface area contributed by atoms with E-state index in [2.05, 4.69) is 11.1 Å². The van der Waals surface area contributed by atoms with Crippen LogP contribution in [-0.2, 0) is 0 Å². The first kappa shape index (κ1) is 24.3. The van der Waals surface area contributed by atoms with Crippen LogP contribution in [-0.4, -0.2) is 30.8 Å². The lowest BCUT2D eigenvalue weighted by Crippen LogP contribution is -2.02. The Morgan fingerprint density at radius 1 is 0.902 bits per heavy atom. The van der Waals surface area contributed by atoms with E-state index in [-0.39, 0.29) is 5.56 Å². The maximum atomic E-state index is 12.4. The molecule has 3 aromatic heterocycles. The average molecular weight is 534 g/mol. The Balaban J connectivity index is 1.70. The number of nitriles is 1. The number of fused-ring (bicyclic) bond motifs is 3. The normalized spacial score (nSPS) is 11.3. The summed E-state index contributed by atoms with van der Waals surface area (Å²) in [7, 11) is 0. The van der Waals surface area contributed by atoms with Crippen LogP contribution in [0.3, 0.4) is 0 Å². The van der Waals surface area contributed by atoms with Crippen molar-refractivity contribution in [1.82, 2.24) is 19.7 Å². The van der Waals surface area contributed by atoms with Gasteiger partial charge in [0.15, 0.2) is 5.65 Å². The molecule has 0 bridgehead atoms. The van der Waals surface area contributed by atoms with Crippen molar-refractivity contribution in [3.63, 3.8) is 0 Å². The van der Waals surface area contributed by atoms with E-state index >= 15 is 0 Å². The van der Waals surface area contributed by atoms with Crippen LogP contribution in [0.2, 0.25) is 0 Å². The first-order chi connectivity index (χ1) is 20.0. The molecule has 41 heavy (non-hydrogen) atoms. The minimum Gasteiger partial charge on any atom is -0.478 e. The molecule has 3 heterocycles. The Kier molecular flexibility index (Phi) is 5.44. The molecule has 0 aliphatic heterocycles. The van der Waals surface area contributed by atoms with Gasteiger partial charge in [-0.05, 0) is 48.6 Å². The number of H-pyrrole nitrogens is 1. The lowest BCUT2D eigenvalue weighted by molar-refractivity contribution is 0.0699. The zero-order valence-electron chi connectivity index (χ0n) is 22.3. The summed E-state index contributed by atoms with van der Waals surface area (Å²) in [6.07, 6.45) is 1.89. The molecular weight excluding hydrogens is 510 g/mol. The monoisotopic (exact) mass is 533 g/mol. The van der Waals surface area contributed by atoms with Gasteiger partial charge in [-0.3, -0.25) is 0 Å². The third kappa shape index (κ3) is 3.62. The first-order valence-corrected chi connectivity index (χ1v) is 13.2. The topological polar surface area (TPSA) is 108 Å². The number of hydrogen-bond acceptors (Lipinski definition) is 4. The summed E-state index contributed by atoms with van der Waals surface area (Å²) >= 11 is 0. The van der Waals surface area contributed by atoms with E-state index in [4.69, 9.17) is 10.1 Å². The molecule has 0 aliphatic carbocycles. The van der Waals surface area contributed by atoms with E-state index in [1.165, 1.54) is 0 Å². The molecule has 0 amide bonds. The van der Waals surface area contributed by atoms with Crippen molar-refractivity contribution >= 4 is 38.7 Å². The lowest BCUT2D eigenvalue weighted by atomic mass is 9.88. The molecule has 7 nitrogen and oxygen atoms in total. The number of para-hydroxylation sites is 2. The summed E-state index contributed by atoms with van der Waals surface area (Å²) < 4.78 is 1.79. The predicted octanol–water partition coefficient (Wildman–Crippen LogP) is 7.58. The van der Waals surface area contributed by atoms with Gasteiger partial charge in [-0.15, -0.1) is 0 Å². The minimum absolute atomic E-state index is 0.171. The van der Waals surface area contributed by atoms with Gasteiger partial charge in [-0.1, -0.05) is 66.7 Å². The number of hydrogen-bond donors (Lipinski definition) is 2. The molecule has 4 aromatic carbocycles. The summed E-state index contributed by atoms with van der Waals surface area (Å²) in [6.45, 7) is 3.93. The SMILES string of the molecule is Cc1cccc2c(-c3nc4c(c(C)nn4-c4ccccc4)c(-c4cccc5cccc(C(=O)O)c45)c3C#N)c[nH]c12. The van der Waals surface area contributed by atoms with Crippen molar-refractivity contribution in [2.24, 2.45) is 0 Å². The molecule has 0 fully saturated rings. The van der Waals surface area contributed by atoms with Gasteiger partial charge >= 0.3 is 5.97 Å². The summed E-state index contributed by atoms with van der Waals surface area (Å²) in [6, 6.07) is 29.1. The number of aromatic carboxylic acids is 1. The standard InChI is InChI=1S/C34H23N5O2/c1-19-9-6-14-23-27(18-36-31(19)23)32-26(17-35)30(24-15-7-10-21-11-8-16-25(29(21)24)34(40)41)28-20(2)38-39(33(28)37-32)22-12-4-3-5-13-22/h3-16,18,36H,1-2H3,(H,40,41). The molecule has 7 rings (SSSR count). The maximum absolute atomic E-state index is 12.4. The second kappa shape index (κ2) is 9.18. The minimum atomic E-state index is -1.03. The fourth-order valence-corrected chi connectivity index (χ4v) is 5.87. The number of aromatic nitrogens is 4. The molecule has 0 saturated heterocycles. The van der Waals surface area contributed by atoms with Crippen LogP contribution in [0.25, 0.3) is 60.8 Å². The van der Waals surface area contributed by atoms with Crippen LogP contribution in [0.4, 0.5) is 0 Å². The van der Waals surface area contributed by atoms with Crippen LogP contribution < -0.4 is 0 Å². The highest BCUT2D eigenvalue weighted by molar-refractivity contribution is 6.15. The van der Waals surface area contributed by atoms with Crippen molar-refractivity contribution in [3.8, 4) is 34.1 Å². The number of aromatic amines is 1. The fourth-order valence-electron chi connectivity index (χ4n) is 5.87. The van der Waals surface area contributed by atoms with Crippen molar-refractivity contribution in [2.45, 2.75) is 13.8 Å². The van der Waals surface area contributed by atoms with Crippen LogP contribution in [0, 0.1) is 25.2 Å². The number of carbonyl (C=O) groups is 1. The van der Waals surface area contributed by atoms with E-state index < -0.39 is 5.97 Å². The van der Waals surface area contributed by atoms with E-state index in [0.29, 0.717) is 44.5 Å². The van der Waals surface area contributed by atoms with E-state index in [9.17, 15) is 15.2 Å². The zero-order valence-corrected chi connectivity index (χ0v) is 22.3. The molecular formula is C34H23N5O2. The number of carboxylic acids is 1. The van der Waals surface area contributed by atoms with Gasteiger partial charge in [0.05, 0.1) is 33.6 Å². The number of carboxylic acid groups (broad SMARTS) is 1. The maximum Gasteiger partial charge on any atom is 0.336 e. The number of pyridine rings is 1. The number of rotatable bonds is 4. The number of benzene rings is 4.